The van der Waals surface area contributed by atoms with Crippen LogP contribution in [0.1, 0.15) is 18.4 Å². The first-order chi connectivity index (χ1) is 10.6. The van der Waals surface area contributed by atoms with Gasteiger partial charge in [0.15, 0.2) is 5.13 Å². The van der Waals surface area contributed by atoms with E-state index in [-0.39, 0.29) is 24.3 Å². The van der Waals surface area contributed by atoms with Gasteiger partial charge in [-0.3, -0.25) is 9.59 Å². The molecule has 0 aliphatic heterocycles. The minimum absolute atomic E-state index is 0.00518. The fourth-order valence-corrected chi connectivity index (χ4v) is 2.74. The van der Waals surface area contributed by atoms with Gasteiger partial charge < -0.3 is 10.6 Å². The first-order valence-corrected chi connectivity index (χ1v) is 8.10. The molecule has 6 heteroatoms. The summed E-state index contributed by atoms with van der Waals surface area (Å²) in [5, 5.41) is 7.80. The highest BCUT2D eigenvalue weighted by molar-refractivity contribution is 7.14. The number of anilines is 1. The molecule has 0 spiro atoms. The van der Waals surface area contributed by atoms with Gasteiger partial charge in [0.1, 0.15) is 0 Å². The summed E-state index contributed by atoms with van der Waals surface area (Å²) in [6.07, 6.45) is 1.86. The van der Waals surface area contributed by atoms with Crippen LogP contribution in [0.2, 0.25) is 0 Å². The van der Waals surface area contributed by atoms with Crippen LogP contribution >= 0.6 is 11.3 Å². The van der Waals surface area contributed by atoms with Gasteiger partial charge in [-0.05, 0) is 19.8 Å². The molecule has 2 aromatic rings. The van der Waals surface area contributed by atoms with Crippen LogP contribution < -0.4 is 10.6 Å². The van der Waals surface area contributed by atoms with Crippen LogP contribution in [0.5, 0.6) is 0 Å². The first kappa shape index (κ1) is 14.7. The van der Waals surface area contributed by atoms with Crippen molar-refractivity contribution in [2.45, 2.75) is 19.8 Å². The largest absolute Gasteiger partial charge is 0.347 e. The average molecular weight is 315 g/mol. The fourth-order valence-electron chi connectivity index (χ4n) is 2.01. The number of thiazole rings is 1. The number of benzene rings is 1. The van der Waals surface area contributed by atoms with Gasteiger partial charge in [-0.25, -0.2) is 4.98 Å². The van der Waals surface area contributed by atoms with Crippen LogP contribution in [-0.2, 0) is 9.59 Å². The molecule has 0 bridgehead atoms. The Morgan fingerprint density at radius 2 is 2.00 bits per heavy atom. The Balaban J connectivity index is 1.55. The molecule has 1 aromatic heterocycles. The number of nitrogens with zero attached hydrogens (tertiary/aromatic N) is 1. The predicted molar refractivity (Wildman–Crippen MR) is 86.7 cm³/mol. The van der Waals surface area contributed by atoms with E-state index in [4.69, 9.17) is 0 Å². The van der Waals surface area contributed by atoms with Crippen LogP contribution in [-0.4, -0.2) is 23.3 Å². The lowest BCUT2D eigenvalue weighted by molar-refractivity contribution is -0.125. The van der Waals surface area contributed by atoms with E-state index >= 15 is 0 Å². The van der Waals surface area contributed by atoms with Gasteiger partial charge in [0, 0.05) is 16.9 Å². The summed E-state index contributed by atoms with van der Waals surface area (Å²) < 4.78 is 0. The SMILES string of the molecule is Cc1ccc(-c2csc(NC(=O)CNC(=O)C3CC3)n2)cc1. The highest BCUT2D eigenvalue weighted by Crippen LogP contribution is 2.28. The first-order valence-electron chi connectivity index (χ1n) is 7.22. The summed E-state index contributed by atoms with van der Waals surface area (Å²) in [5.74, 6) is -0.172. The Bertz CT molecular complexity index is 690. The number of amides is 2. The normalized spacial score (nSPS) is 13.7. The lowest BCUT2D eigenvalue weighted by atomic mass is 10.1. The van der Waals surface area contributed by atoms with Crippen molar-refractivity contribution < 1.29 is 9.59 Å². The van der Waals surface area contributed by atoms with Gasteiger partial charge in [-0.2, -0.15) is 0 Å². The molecule has 1 aliphatic carbocycles. The summed E-state index contributed by atoms with van der Waals surface area (Å²) in [7, 11) is 0. The third-order valence-corrected chi connectivity index (χ3v) is 4.23. The van der Waals surface area contributed by atoms with Crippen molar-refractivity contribution in [1.29, 1.82) is 0 Å². The Morgan fingerprint density at radius 1 is 1.27 bits per heavy atom. The zero-order valence-electron chi connectivity index (χ0n) is 12.3. The molecule has 0 radical (unpaired) electrons. The summed E-state index contributed by atoms with van der Waals surface area (Å²) >= 11 is 1.37. The van der Waals surface area contributed by atoms with Crippen LogP contribution in [0.15, 0.2) is 29.6 Å². The van der Waals surface area contributed by atoms with E-state index in [1.54, 1.807) is 0 Å². The van der Waals surface area contributed by atoms with Crippen molar-refractivity contribution in [3.63, 3.8) is 0 Å². The predicted octanol–water partition coefficient (Wildman–Crippen LogP) is 2.58. The van der Waals surface area contributed by atoms with Gasteiger partial charge in [-0.1, -0.05) is 29.8 Å². The van der Waals surface area contributed by atoms with Crippen molar-refractivity contribution in [3.8, 4) is 11.3 Å². The average Bonchev–Trinajstić information content (AvgIpc) is 3.26. The number of nitrogens with one attached hydrogen (secondary N) is 2. The molecule has 0 unspecified atom stereocenters. The third-order valence-electron chi connectivity index (χ3n) is 3.47. The molecule has 3 rings (SSSR count). The number of carbonyl (C=O) groups is 2. The van der Waals surface area contributed by atoms with Crippen LogP contribution in [0, 0.1) is 12.8 Å². The summed E-state index contributed by atoms with van der Waals surface area (Å²) in [4.78, 5) is 27.7. The number of aryl methyl sites for hydroxylation is 1. The number of aromatic nitrogens is 1. The van der Waals surface area contributed by atoms with Crippen molar-refractivity contribution in [3.05, 3.63) is 35.2 Å². The van der Waals surface area contributed by atoms with E-state index < -0.39 is 0 Å². The second-order valence-electron chi connectivity index (χ2n) is 5.44. The summed E-state index contributed by atoms with van der Waals surface area (Å²) in [5.41, 5.74) is 3.05. The minimum Gasteiger partial charge on any atom is -0.347 e. The van der Waals surface area contributed by atoms with Crippen molar-refractivity contribution in [2.75, 3.05) is 11.9 Å². The van der Waals surface area contributed by atoms with Gasteiger partial charge >= 0.3 is 0 Å². The third kappa shape index (κ3) is 3.71. The van der Waals surface area contributed by atoms with Crippen molar-refractivity contribution >= 4 is 28.3 Å². The molecule has 5 nitrogen and oxygen atoms in total. The molecule has 1 fully saturated rings. The molecule has 2 amide bonds. The molecule has 1 aliphatic rings. The van der Waals surface area contributed by atoms with Crippen LogP contribution in [0.4, 0.5) is 5.13 Å². The highest BCUT2D eigenvalue weighted by Gasteiger charge is 2.29. The summed E-state index contributed by atoms with van der Waals surface area (Å²) in [6, 6.07) is 8.07. The Hall–Kier alpha value is -2.21. The quantitative estimate of drug-likeness (QED) is 0.891. The topological polar surface area (TPSA) is 71.1 Å². The van der Waals surface area contributed by atoms with E-state index in [1.165, 1.54) is 16.9 Å². The fraction of sp³-hybridized carbons (Fsp3) is 0.312. The molecule has 1 saturated carbocycles. The van der Waals surface area contributed by atoms with Crippen LogP contribution in [0.3, 0.4) is 0 Å². The number of hydrogen-bond acceptors (Lipinski definition) is 4. The molecule has 2 N–H and O–H groups in total. The molecular formula is C16H17N3O2S. The van der Waals surface area contributed by atoms with Gasteiger partial charge in [0.2, 0.25) is 11.8 Å². The maximum atomic E-state index is 11.8. The van der Waals surface area contributed by atoms with Gasteiger partial charge in [0.25, 0.3) is 0 Å². The molecule has 1 heterocycles. The lowest BCUT2D eigenvalue weighted by Crippen LogP contribution is -2.33. The highest BCUT2D eigenvalue weighted by atomic mass is 32.1. The standard InChI is InChI=1S/C16H17N3O2S/c1-10-2-4-11(5-3-10)13-9-22-16(18-13)19-14(20)8-17-15(21)12-6-7-12/h2-5,9,12H,6-8H2,1H3,(H,17,21)(H,18,19,20). The lowest BCUT2D eigenvalue weighted by Gasteiger charge is -2.03. The number of hydrogen-bond donors (Lipinski definition) is 2. The van der Waals surface area contributed by atoms with Gasteiger partial charge in [0.05, 0.1) is 12.2 Å². The molecule has 114 valence electrons. The second-order valence-corrected chi connectivity index (χ2v) is 6.30. The van der Waals surface area contributed by atoms with E-state index in [1.807, 2.05) is 36.6 Å². The Labute approximate surface area is 132 Å². The van der Waals surface area contributed by atoms with Crippen molar-refractivity contribution in [2.24, 2.45) is 5.92 Å². The Kier molecular flexibility index (Phi) is 4.20. The smallest absolute Gasteiger partial charge is 0.245 e. The summed E-state index contributed by atoms with van der Waals surface area (Å²) in [6.45, 7) is 2.03. The zero-order chi connectivity index (χ0) is 15.5. The minimum atomic E-state index is -0.251. The van der Waals surface area contributed by atoms with E-state index in [0.717, 1.165) is 24.1 Å². The maximum Gasteiger partial charge on any atom is 0.245 e. The maximum absolute atomic E-state index is 11.8. The number of rotatable bonds is 5. The van der Waals surface area contributed by atoms with E-state index in [9.17, 15) is 9.59 Å². The van der Waals surface area contributed by atoms with Crippen LogP contribution in [0.25, 0.3) is 11.3 Å². The number of carbonyl (C=O) groups excluding carboxylic acids is 2. The molecule has 22 heavy (non-hydrogen) atoms. The zero-order valence-corrected chi connectivity index (χ0v) is 13.1. The Morgan fingerprint density at radius 3 is 2.68 bits per heavy atom. The monoisotopic (exact) mass is 315 g/mol. The van der Waals surface area contributed by atoms with Gasteiger partial charge in [-0.15, -0.1) is 11.3 Å². The van der Waals surface area contributed by atoms with E-state index in [2.05, 4.69) is 15.6 Å². The molecule has 1 aromatic carbocycles. The molecule has 0 saturated heterocycles. The molecule has 0 atom stereocenters. The molecular weight excluding hydrogens is 298 g/mol. The van der Waals surface area contributed by atoms with E-state index in [0.29, 0.717) is 5.13 Å². The van der Waals surface area contributed by atoms with Crippen molar-refractivity contribution in [1.82, 2.24) is 10.3 Å². The second kappa shape index (κ2) is 6.27.